The van der Waals surface area contributed by atoms with Crippen LogP contribution in [0.15, 0.2) is 30.3 Å². The van der Waals surface area contributed by atoms with Crippen LogP contribution in [-0.2, 0) is 16.0 Å². The summed E-state index contributed by atoms with van der Waals surface area (Å²) in [5.74, 6) is 0. The van der Waals surface area contributed by atoms with Crippen LogP contribution in [0.2, 0.25) is 0 Å². The lowest BCUT2D eigenvalue weighted by molar-refractivity contribution is -0.111. The molecule has 1 aromatic rings. The first kappa shape index (κ1) is 16.5. The molecule has 0 radical (unpaired) electrons. The lowest BCUT2D eigenvalue weighted by Gasteiger charge is -2.17. The Morgan fingerprint density at radius 3 is 2.55 bits per heavy atom. The molecule has 0 bridgehead atoms. The Morgan fingerprint density at radius 2 is 1.95 bits per heavy atom. The minimum atomic E-state index is -0.431. The third kappa shape index (κ3) is 7.14. The van der Waals surface area contributed by atoms with Gasteiger partial charge < -0.3 is 10.1 Å². The number of alkyl carbamates (subject to hydrolysis) is 1. The van der Waals surface area contributed by atoms with E-state index in [4.69, 9.17) is 16.3 Å². The zero-order valence-electron chi connectivity index (χ0n) is 11.6. The average molecular weight is 298 g/mol. The lowest BCUT2D eigenvalue weighted by atomic mass is 10.0. The number of ether oxygens (including phenoxy) is 1. The Hall–Kier alpha value is -1.55. The summed E-state index contributed by atoms with van der Waals surface area (Å²) >= 11 is 5.30. The summed E-state index contributed by atoms with van der Waals surface area (Å²) in [6.07, 6.45) is 2.63. The van der Waals surface area contributed by atoms with Crippen molar-refractivity contribution in [1.29, 1.82) is 0 Å². The smallest absolute Gasteiger partial charge is 0.407 e. The number of unbranched alkanes of at least 4 members (excludes halogenated alkanes) is 1. The maximum absolute atomic E-state index is 11.3. The topological polar surface area (TPSA) is 55.4 Å². The summed E-state index contributed by atoms with van der Waals surface area (Å²) in [7, 11) is 1.54. The molecule has 1 rings (SSSR count). The molecule has 0 saturated heterocycles. The number of carbonyl (C=O) groups is 2. The van der Waals surface area contributed by atoms with Gasteiger partial charge in [0.1, 0.15) is 6.10 Å². The molecule has 4 nitrogen and oxygen atoms in total. The standard InChI is InChI=1S/C15H20ClNO3/c1-17-15(19)20-13(9-5-6-10-14(16)18)11-12-7-3-2-4-8-12/h2-4,7-8,13H,5-6,9-11H2,1H3,(H,17,19). The number of hydrogen-bond acceptors (Lipinski definition) is 3. The van der Waals surface area contributed by atoms with Crippen LogP contribution in [0, 0.1) is 0 Å². The summed E-state index contributed by atoms with van der Waals surface area (Å²) < 4.78 is 5.34. The molecular weight excluding hydrogens is 278 g/mol. The predicted molar refractivity (Wildman–Crippen MR) is 78.8 cm³/mol. The Labute approximate surface area is 124 Å². The fraction of sp³-hybridized carbons (Fsp3) is 0.467. The molecule has 0 heterocycles. The first-order valence-corrected chi connectivity index (χ1v) is 7.10. The molecule has 0 aliphatic rings. The lowest BCUT2D eigenvalue weighted by Crippen LogP contribution is -2.27. The van der Waals surface area contributed by atoms with Gasteiger partial charge in [-0.1, -0.05) is 30.3 Å². The van der Waals surface area contributed by atoms with Gasteiger partial charge in [0, 0.05) is 19.9 Å². The predicted octanol–water partition coefficient (Wildman–Crippen LogP) is 3.28. The summed E-state index contributed by atoms with van der Waals surface area (Å²) in [6.45, 7) is 0. The average Bonchev–Trinajstić information content (AvgIpc) is 2.44. The molecular formula is C15H20ClNO3. The molecule has 110 valence electrons. The summed E-state index contributed by atoms with van der Waals surface area (Å²) in [5, 5.41) is 2.13. The number of carbonyl (C=O) groups excluding carboxylic acids is 2. The van der Waals surface area contributed by atoms with E-state index in [1.165, 1.54) is 7.05 Å². The Kier molecular flexibility index (Phi) is 7.73. The second kappa shape index (κ2) is 9.37. The number of benzene rings is 1. The zero-order chi connectivity index (χ0) is 14.8. The van der Waals surface area contributed by atoms with Crippen molar-refractivity contribution in [2.45, 2.75) is 38.2 Å². The number of amides is 1. The van der Waals surface area contributed by atoms with E-state index in [1.807, 2.05) is 30.3 Å². The molecule has 0 aliphatic heterocycles. The first-order valence-electron chi connectivity index (χ1n) is 6.72. The largest absolute Gasteiger partial charge is 0.446 e. The molecule has 1 aromatic carbocycles. The van der Waals surface area contributed by atoms with Gasteiger partial charge >= 0.3 is 6.09 Å². The van der Waals surface area contributed by atoms with Crippen molar-refractivity contribution in [2.75, 3.05) is 7.05 Å². The van der Waals surface area contributed by atoms with Crippen molar-refractivity contribution in [3.63, 3.8) is 0 Å². The monoisotopic (exact) mass is 297 g/mol. The van der Waals surface area contributed by atoms with Crippen LogP contribution >= 0.6 is 11.6 Å². The molecule has 1 N–H and O–H groups in total. The number of nitrogens with one attached hydrogen (secondary N) is 1. The third-order valence-corrected chi connectivity index (χ3v) is 3.12. The zero-order valence-corrected chi connectivity index (χ0v) is 12.4. The number of hydrogen-bond donors (Lipinski definition) is 1. The van der Waals surface area contributed by atoms with Crippen molar-refractivity contribution in [3.8, 4) is 0 Å². The molecule has 20 heavy (non-hydrogen) atoms. The van der Waals surface area contributed by atoms with E-state index >= 15 is 0 Å². The van der Waals surface area contributed by atoms with Gasteiger partial charge in [0.05, 0.1) is 0 Å². The van der Waals surface area contributed by atoms with Gasteiger partial charge in [-0.2, -0.15) is 0 Å². The highest BCUT2D eigenvalue weighted by Gasteiger charge is 2.14. The van der Waals surface area contributed by atoms with Crippen LogP contribution in [-0.4, -0.2) is 24.5 Å². The fourth-order valence-electron chi connectivity index (χ4n) is 1.93. The summed E-state index contributed by atoms with van der Waals surface area (Å²) in [5.41, 5.74) is 1.12. The molecule has 0 aliphatic carbocycles. The van der Waals surface area contributed by atoms with Gasteiger partial charge in [0.25, 0.3) is 0 Å². The molecule has 0 aromatic heterocycles. The van der Waals surface area contributed by atoms with E-state index in [1.54, 1.807) is 0 Å². The number of rotatable bonds is 8. The fourth-order valence-corrected chi connectivity index (χ4v) is 2.06. The van der Waals surface area contributed by atoms with E-state index in [-0.39, 0.29) is 11.3 Å². The number of halogens is 1. The Morgan fingerprint density at radius 1 is 1.25 bits per heavy atom. The quantitative estimate of drug-likeness (QED) is 0.592. The second-order valence-corrected chi connectivity index (χ2v) is 4.99. The van der Waals surface area contributed by atoms with Crippen molar-refractivity contribution in [2.24, 2.45) is 0 Å². The van der Waals surface area contributed by atoms with Crippen LogP contribution in [0.4, 0.5) is 4.79 Å². The molecule has 1 atom stereocenters. The maximum Gasteiger partial charge on any atom is 0.407 e. The van der Waals surface area contributed by atoms with E-state index < -0.39 is 6.09 Å². The molecule has 0 saturated carbocycles. The van der Waals surface area contributed by atoms with Gasteiger partial charge in [-0.3, -0.25) is 4.79 Å². The first-order chi connectivity index (χ1) is 9.61. The van der Waals surface area contributed by atoms with Gasteiger partial charge in [0.15, 0.2) is 0 Å². The van der Waals surface area contributed by atoms with E-state index in [0.29, 0.717) is 25.7 Å². The minimum Gasteiger partial charge on any atom is -0.446 e. The van der Waals surface area contributed by atoms with Gasteiger partial charge in [-0.25, -0.2) is 4.79 Å². The van der Waals surface area contributed by atoms with Gasteiger partial charge in [-0.05, 0) is 36.4 Å². The van der Waals surface area contributed by atoms with E-state index in [9.17, 15) is 9.59 Å². The van der Waals surface area contributed by atoms with Crippen molar-refractivity contribution in [3.05, 3.63) is 35.9 Å². The Bertz CT molecular complexity index is 422. The molecule has 1 unspecified atom stereocenters. The molecule has 0 fully saturated rings. The van der Waals surface area contributed by atoms with Gasteiger partial charge in [-0.15, -0.1) is 0 Å². The van der Waals surface area contributed by atoms with Gasteiger partial charge in [0.2, 0.25) is 5.24 Å². The maximum atomic E-state index is 11.3. The highest BCUT2D eigenvalue weighted by atomic mass is 35.5. The van der Waals surface area contributed by atoms with Crippen LogP contribution in [0.5, 0.6) is 0 Å². The van der Waals surface area contributed by atoms with E-state index in [2.05, 4.69) is 5.32 Å². The van der Waals surface area contributed by atoms with E-state index in [0.717, 1.165) is 12.0 Å². The normalized spacial score (nSPS) is 11.7. The molecule has 1 amide bonds. The second-order valence-electron chi connectivity index (χ2n) is 4.57. The SMILES string of the molecule is CNC(=O)OC(CCCCC(=O)Cl)Cc1ccccc1. The molecule has 5 heteroatoms. The van der Waals surface area contributed by atoms with Crippen molar-refractivity contribution < 1.29 is 14.3 Å². The highest BCUT2D eigenvalue weighted by Crippen LogP contribution is 2.14. The van der Waals surface area contributed by atoms with Crippen molar-refractivity contribution in [1.82, 2.24) is 5.32 Å². The Balaban J connectivity index is 2.47. The van der Waals surface area contributed by atoms with Crippen LogP contribution in [0.3, 0.4) is 0 Å². The van der Waals surface area contributed by atoms with Crippen LogP contribution in [0.25, 0.3) is 0 Å². The van der Waals surface area contributed by atoms with Crippen LogP contribution in [0.1, 0.15) is 31.2 Å². The van der Waals surface area contributed by atoms with Crippen LogP contribution < -0.4 is 5.32 Å². The minimum absolute atomic E-state index is 0.192. The van der Waals surface area contributed by atoms with Crippen molar-refractivity contribution >= 4 is 22.9 Å². The summed E-state index contributed by atoms with van der Waals surface area (Å²) in [4.78, 5) is 22.0. The summed E-state index contributed by atoms with van der Waals surface area (Å²) in [6, 6.07) is 9.87. The highest BCUT2D eigenvalue weighted by molar-refractivity contribution is 6.63. The molecule has 0 spiro atoms. The third-order valence-electron chi connectivity index (χ3n) is 2.93.